The molecule has 0 saturated carbocycles. The van der Waals surface area contributed by atoms with Gasteiger partial charge in [0.2, 0.25) is 0 Å². The Morgan fingerprint density at radius 1 is 1.05 bits per heavy atom. The molecular weight excluding hydrogens is 258 g/mol. The molecule has 0 bridgehead atoms. The molecule has 3 aromatic rings. The Labute approximate surface area is 125 Å². The molecule has 0 fully saturated rings. The van der Waals surface area contributed by atoms with Crippen LogP contribution in [0, 0.1) is 6.92 Å². The number of hydrogen-bond acceptors (Lipinski definition) is 2. The van der Waals surface area contributed by atoms with Crippen LogP contribution in [0.4, 0.5) is 0 Å². The lowest BCUT2D eigenvalue weighted by Gasteiger charge is -2.03. The largest absolute Gasteiger partial charge is 0.261 e. The second-order valence-electron chi connectivity index (χ2n) is 5.29. The van der Waals surface area contributed by atoms with Crippen molar-refractivity contribution >= 4 is 0 Å². The van der Waals surface area contributed by atoms with Crippen molar-refractivity contribution in [3.63, 3.8) is 0 Å². The van der Waals surface area contributed by atoms with Crippen molar-refractivity contribution in [1.29, 1.82) is 0 Å². The second kappa shape index (κ2) is 5.92. The Bertz CT molecular complexity index is 726. The molecule has 0 spiro atoms. The molecule has 0 radical (unpaired) electrons. The summed E-state index contributed by atoms with van der Waals surface area (Å²) in [6, 6.07) is 12.6. The number of aryl methyl sites for hydroxylation is 2. The van der Waals surface area contributed by atoms with E-state index in [1.165, 1.54) is 11.1 Å². The van der Waals surface area contributed by atoms with Crippen LogP contribution in [-0.4, -0.2) is 14.8 Å². The van der Waals surface area contributed by atoms with E-state index in [0.29, 0.717) is 0 Å². The zero-order valence-electron chi connectivity index (χ0n) is 12.5. The van der Waals surface area contributed by atoms with Crippen molar-refractivity contribution in [2.45, 2.75) is 26.7 Å². The van der Waals surface area contributed by atoms with E-state index in [2.05, 4.69) is 60.5 Å². The maximum Gasteiger partial charge on any atom is 0.0679 e. The summed E-state index contributed by atoms with van der Waals surface area (Å²) in [5, 5.41) is 4.48. The maximum absolute atomic E-state index is 4.48. The van der Waals surface area contributed by atoms with Crippen LogP contribution in [0.25, 0.3) is 16.8 Å². The van der Waals surface area contributed by atoms with E-state index in [-0.39, 0.29) is 0 Å². The summed E-state index contributed by atoms with van der Waals surface area (Å²) in [5.41, 5.74) is 5.76. The topological polar surface area (TPSA) is 30.7 Å². The fourth-order valence-electron chi connectivity index (χ4n) is 2.36. The molecular formula is C18H19N3. The van der Waals surface area contributed by atoms with Gasteiger partial charge in [-0.1, -0.05) is 43.2 Å². The highest BCUT2D eigenvalue weighted by Crippen LogP contribution is 2.20. The quantitative estimate of drug-likeness (QED) is 0.715. The Morgan fingerprint density at radius 3 is 2.62 bits per heavy atom. The molecule has 1 aromatic carbocycles. The minimum Gasteiger partial charge on any atom is -0.261 e. The fourth-order valence-corrected chi connectivity index (χ4v) is 2.36. The summed E-state index contributed by atoms with van der Waals surface area (Å²) in [6.45, 7) is 4.26. The van der Waals surface area contributed by atoms with E-state index < -0.39 is 0 Å². The molecule has 2 aromatic heterocycles. The van der Waals surface area contributed by atoms with Crippen molar-refractivity contribution in [3.05, 3.63) is 66.2 Å². The number of benzene rings is 1. The van der Waals surface area contributed by atoms with Crippen LogP contribution in [0.2, 0.25) is 0 Å². The third-order valence-corrected chi connectivity index (χ3v) is 3.54. The summed E-state index contributed by atoms with van der Waals surface area (Å²) >= 11 is 0. The van der Waals surface area contributed by atoms with Crippen molar-refractivity contribution in [1.82, 2.24) is 14.8 Å². The molecule has 106 valence electrons. The zero-order chi connectivity index (χ0) is 14.7. The van der Waals surface area contributed by atoms with Crippen molar-refractivity contribution < 1.29 is 0 Å². The Morgan fingerprint density at radius 2 is 1.86 bits per heavy atom. The van der Waals surface area contributed by atoms with Gasteiger partial charge in [-0.25, -0.2) is 4.68 Å². The maximum atomic E-state index is 4.48. The van der Waals surface area contributed by atoms with Crippen LogP contribution >= 0.6 is 0 Å². The number of rotatable bonds is 4. The molecule has 0 aliphatic heterocycles. The van der Waals surface area contributed by atoms with Gasteiger partial charge in [0.15, 0.2) is 0 Å². The van der Waals surface area contributed by atoms with E-state index in [1.807, 2.05) is 23.1 Å². The highest BCUT2D eigenvalue weighted by molar-refractivity contribution is 5.62. The highest BCUT2D eigenvalue weighted by atomic mass is 15.3. The van der Waals surface area contributed by atoms with E-state index >= 15 is 0 Å². The van der Waals surface area contributed by atoms with Gasteiger partial charge in [-0.05, 0) is 31.0 Å². The number of hydrogen-bond donors (Lipinski definition) is 0. The SMILES string of the molecule is CCCc1cc(-n2cc(-c3ccc(C)cc3)cn2)ccn1. The summed E-state index contributed by atoms with van der Waals surface area (Å²) in [5.74, 6) is 0. The second-order valence-corrected chi connectivity index (χ2v) is 5.29. The van der Waals surface area contributed by atoms with Gasteiger partial charge in [-0.3, -0.25) is 4.98 Å². The minimum atomic E-state index is 1.000. The summed E-state index contributed by atoms with van der Waals surface area (Å²) in [7, 11) is 0. The van der Waals surface area contributed by atoms with Gasteiger partial charge in [0.05, 0.1) is 11.9 Å². The first-order chi connectivity index (χ1) is 10.3. The van der Waals surface area contributed by atoms with Gasteiger partial charge < -0.3 is 0 Å². The van der Waals surface area contributed by atoms with Gasteiger partial charge in [0, 0.05) is 23.7 Å². The summed E-state index contributed by atoms with van der Waals surface area (Å²) in [6.07, 6.45) is 7.93. The van der Waals surface area contributed by atoms with Crippen LogP contribution in [0.15, 0.2) is 55.0 Å². The zero-order valence-corrected chi connectivity index (χ0v) is 12.5. The van der Waals surface area contributed by atoms with Gasteiger partial charge in [0.1, 0.15) is 0 Å². The van der Waals surface area contributed by atoms with Crippen LogP contribution in [0.3, 0.4) is 0 Å². The van der Waals surface area contributed by atoms with Gasteiger partial charge in [-0.15, -0.1) is 0 Å². The number of nitrogens with zero attached hydrogens (tertiary/aromatic N) is 3. The van der Waals surface area contributed by atoms with Crippen LogP contribution in [0.1, 0.15) is 24.6 Å². The lowest BCUT2D eigenvalue weighted by Crippen LogP contribution is -1.97. The molecule has 3 heteroatoms. The predicted octanol–water partition coefficient (Wildman–Crippen LogP) is 4.20. The molecule has 0 N–H and O–H groups in total. The molecule has 0 unspecified atom stereocenters. The van der Waals surface area contributed by atoms with Gasteiger partial charge in [-0.2, -0.15) is 5.10 Å². The molecule has 3 nitrogen and oxygen atoms in total. The molecule has 0 atom stereocenters. The monoisotopic (exact) mass is 277 g/mol. The lowest BCUT2D eigenvalue weighted by atomic mass is 10.1. The van der Waals surface area contributed by atoms with Gasteiger partial charge >= 0.3 is 0 Å². The predicted molar refractivity (Wildman–Crippen MR) is 85.5 cm³/mol. The number of aromatic nitrogens is 3. The Hall–Kier alpha value is -2.42. The standard InChI is InChI=1S/C18H19N3/c1-3-4-17-11-18(9-10-19-17)21-13-16(12-20-21)15-7-5-14(2)6-8-15/h5-13H,3-4H2,1-2H3. The summed E-state index contributed by atoms with van der Waals surface area (Å²) < 4.78 is 1.91. The molecule has 0 saturated heterocycles. The smallest absolute Gasteiger partial charge is 0.0679 e. The third-order valence-electron chi connectivity index (χ3n) is 3.54. The first-order valence-corrected chi connectivity index (χ1v) is 7.33. The highest BCUT2D eigenvalue weighted by Gasteiger charge is 2.04. The number of pyridine rings is 1. The normalized spacial score (nSPS) is 10.8. The van der Waals surface area contributed by atoms with Crippen LogP contribution < -0.4 is 0 Å². The average Bonchev–Trinajstić information content (AvgIpc) is 2.98. The van der Waals surface area contributed by atoms with E-state index in [1.54, 1.807) is 0 Å². The molecule has 0 aliphatic rings. The minimum absolute atomic E-state index is 1.000. The fraction of sp³-hybridized carbons (Fsp3) is 0.222. The van der Waals surface area contributed by atoms with Gasteiger partial charge in [0.25, 0.3) is 0 Å². The molecule has 3 rings (SSSR count). The first kappa shape index (κ1) is 13.6. The Balaban J connectivity index is 1.91. The van der Waals surface area contributed by atoms with Crippen molar-refractivity contribution in [2.24, 2.45) is 0 Å². The first-order valence-electron chi connectivity index (χ1n) is 7.33. The van der Waals surface area contributed by atoms with Crippen molar-refractivity contribution in [2.75, 3.05) is 0 Å². The molecule has 0 amide bonds. The average molecular weight is 277 g/mol. The lowest BCUT2D eigenvalue weighted by molar-refractivity contribution is 0.848. The van der Waals surface area contributed by atoms with E-state index in [9.17, 15) is 0 Å². The third kappa shape index (κ3) is 3.02. The summed E-state index contributed by atoms with van der Waals surface area (Å²) in [4.78, 5) is 4.39. The van der Waals surface area contributed by atoms with E-state index in [4.69, 9.17) is 0 Å². The molecule has 2 heterocycles. The molecule has 21 heavy (non-hydrogen) atoms. The molecule has 0 aliphatic carbocycles. The van der Waals surface area contributed by atoms with E-state index in [0.717, 1.165) is 29.8 Å². The van der Waals surface area contributed by atoms with Crippen LogP contribution in [-0.2, 0) is 6.42 Å². The van der Waals surface area contributed by atoms with Crippen molar-refractivity contribution in [3.8, 4) is 16.8 Å². The Kier molecular flexibility index (Phi) is 3.82. The van der Waals surface area contributed by atoms with Crippen LogP contribution in [0.5, 0.6) is 0 Å².